The molecular formula is C27H29N3O5. The van der Waals surface area contributed by atoms with Crippen LogP contribution in [-0.4, -0.2) is 57.7 Å². The molecule has 0 aliphatic carbocycles. The van der Waals surface area contributed by atoms with E-state index in [1.807, 2.05) is 0 Å². The topological polar surface area (TPSA) is 107 Å². The number of hydrogen-bond acceptors (Lipinski definition) is 6. The minimum atomic E-state index is -1.09. The average molecular weight is 476 g/mol. The Bertz CT molecular complexity index is 1200. The summed E-state index contributed by atoms with van der Waals surface area (Å²) in [7, 11) is 0. The van der Waals surface area contributed by atoms with E-state index in [2.05, 4.69) is 41.4 Å². The second-order valence-corrected chi connectivity index (χ2v) is 9.69. The van der Waals surface area contributed by atoms with E-state index in [1.54, 1.807) is 18.2 Å². The van der Waals surface area contributed by atoms with Gasteiger partial charge in [-0.15, -0.1) is 0 Å². The van der Waals surface area contributed by atoms with Gasteiger partial charge in [-0.25, -0.2) is 0 Å². The van der Waals surface area contributed by atoms with E-state index < -0.39 is 35.3 Å². The van der Waals surface area contributed by atoms with Crippen LogP contribution >= 0.6 is 0 Å². The fourth-order valence-corrected chi connectivity index (χ4v) is 5.27. The van der Waals surface area contributed by atoms with Gasteiger partial charge < -0.3 is 5.11 Å². The molecule has 0 aromatic heterocycles. The van der Waals surface area contributed by atoms with E-state index in [-0.39, 0.29) is 24.0 Å². The van der Waals surface area contributed by atoms with Gasteiger partial charge in [-0.05, 0) is 54.5 Å². The number of aliphatic hydroxyl groups is 1. The van der Waals surface area contributed by atoms with Gasteiger partial charge >= 0.3 is 0 Å². The van der Waals surface area contributed by atoms with Crippen LogP contribution in [0.2, 0.25) is 0 Å². The minimum Gasteiger partial charge on any atom is -0.385 e. The Morgan fingerprint density at radius 1 is 0.943 bits per heavy atom. The summed E-state index contributed by atoms with van der Waals surface area (Å²) >= 11 is 0. The molecule has 3 aliphatic heterocycles. The summed E-state index contributed by atoms with van der Waals surface area (Å²) < 4.78 is 0. The quantitative estimate of drug-likeness (QED) is 0.642. The average Bonchev–Trinajstić information content (AvgIpc) is 3.11. The molecule has 35 heavy (non-hydrogen) atoms. The van der Waals surface area contributed by atoms with Gasteiger partial charge in [0.15, 0.2) is 0 Å². The molecule has 0 radical (unpaired) electrons. The third kappa shape index (κ3) is 4.28. The number of hydrogen-bond donors (Lipinski definition) is 2. The second kappa shape index (κ2) is 9.02. The van der Waals surface area contributed by atoms with E-state index in [4.69, 9.17) is 0 Å². The lowest BCUT2D eigenvalue weighted by Gasteiger charge is -2.38. The molecule has 2 N–H and O–H groups in total. The summed E-state index contributed by atoms with van der Waals surface area (Å²) in [5, 5.41) is 13.6. The highest BCUT2D eigenvalue weighted by Gasteiger charge is 2.45. The van der Waals surface area contributed by atoms with Crippen LogP contribution in [0.3, 0.4) is 0 Å². The second-order valence-electron chi connectivity index (χ2n) is 9.69. The van der Waals surface area contributed by atoms with Crippen molar-refractivity contribution in [3.8, 4) is 0 Å². The van der Waals surface area contributed by atoms with Crippen molar-refractivity contribution in [1.82, 2.24) is 15.1 Å². The lowest BCUT2D eigenvalue weighted by atomic mass is 9.83. The van der Waals surface area contributed by atoms with Crippen molar-refractivity contribution >= 4 is 23.6 Å². The highest BCUT2D eigenvalue weighted by molar-refractivity contribution is 6.23. The van der Waals surface area contributed by atoms with Crippen molar-refractivity contribution in [2.45, 2.75) is 57.2 Å². The summed E-state index contributed by atoms with van der Waals surface area (Å²) in [5.74, 6) is -2.14. The zero-order valence-corrected chi connectivity index (χ0v) is 19.8. The van der Waals surface area contributed by atoms with Crippen LogP contribution in [0.25, 0.3) is 0 Å². The number of carbonyl (C=O) groups is 4. The molecule has 2 aromatic carbocycles. The predicted octanol–water partition coefficient (Wildman–Crippen LogP) is 2.13. The van der Waals surface area contributed by atoms with Crippen LogP contribution in [0.4, 0.5) is 0 Å². The number of nitrogens with zero attached hydrogens (tertiary/aromatic N) is 2. The Labute approximate surface area is 203 Å². The molecule has 1 atom stereocenters. The summed E-state index contributed by atoms with van der Waals surface area (Å²) in [6, 6.07) is 12.5. The highest BCUT2D eigenvalue weighted by Crippen LogP contribution is 2.36. The van der Waals surface area contributed by atoms with Crippen molar-refractivity contribution < 1.29 is 24.3 Å². The molecule has 2 fully saturated rings. The van der Waals surface area contributed by atoms with Crippen molar-refractivity contribution in [1.29, 1.82) is 0 Å². The lowest BCUT2D eigenvalue weighted by molar-refractivity contribution is -0.136. The number of aryl methyl sites for hydroxylation is 1. The number of nitrogens with one attached hydrogen (secondary N) is 1. The maximum Gasteiger partial charge on any atom is 0.262 e. The molecule has 8 heteroatoms. The number of fused-ring (bicyclic) bond motifs is 1. The van der Waals surface area contributed by atoms with Crippen molar-refractivity contribution in [2.75, 3.05) is 13.1 Å². The first-order chi connectivity index (χ1) is 16.8. The highest BCUT2D eigenvalue weighted by atomic mass is 16.3. The van der Waals surface area contributed by atoms with Crippen LogP contribution in [-0.2, 0) is 28.2 Å². The van der Waals surface area contributed by atoms with Crippen LogP contribution < -0.4 is 5.32 Å². The third-order valence-electron chi connectivity index (χ3n) is 7.50. The van der Waals surface area contributed by atoms with E-state index >= 15 is 0 Å². The molecule has 8 nitrogen and oxygen atoms in total. The SMILES string of the molecule is CCc1ccc(CN2CCC(O)(c3ccc4c(c3)C(=O)N(C3CCC(=O)NC3=O)C4=O)CC2)cc1. The molecule has 0 saturated carbocycles. The summed E-state index contributed by atoms with van der Waals surface area (Å²) in [6.45, 7) is 4.37. The zero-order valence-electron chi connectivity index (χ0n) is 19.8. The number of rotatable bonds is 5. The third-order valence-corrected chi connectivity index (χ3v) is 7.50. The van der Waals surface area contributed by atoms with Crippen molar-refractivity contribution in [2.24, 2.45) is 0 Å². The smallest absolute Gasteiger partial charge is 0.262 e. The van der Waals surface area contributed by atoms with E-state index in [9.17, 15) is 24.3 Å². The van der Waals surface area contributed by atoms with Crippen LogP contribution in [0, 0.1) is 0 Å². The Morgan fingerprint density at radius 3 is 2.26 bits per heavy atom. The Morgan fingerprint density at radius 2 is 1.60 bits per heavy atom. The standard InChI is InChI=1S/C27H29N3O5/c1-2-17-3-5-18(6-4-17)16-29-13-11-27(35,12-14-29)19-7-8-20-21(15-19)26(34)30(25(20)33)22-9-10-23(31)28-24(22)32/h3-8,15,22,35H,2,9-14,16H2,1H3,(H,28,31,32). The molecule has 5 rings (SSSR count). The van der Waals surface area contributed by atoms with Gasteiger partial charge in [-0.2, -0.15) is 0 Å². The number of benzene rings is 2. The van der Waals surface area contributed by atoms with Gasteiger partial charge in [0, 0.05) is 26.1 Å². The molecule has 0 bridgehead atoms. The summed E-state index contributed by atoms with van der Waals surface area (Å²) in [4.78, 5) is 53.1. The number of imide groups is 2. The van der Waals surface area contributed by atoms with Gasteiger partial charge in [0.25, 0.3) is 11.8 Å². The maximum atomic E-state index is 13.1. The largest absolute Gasteiger partial charge is 0.385 e. The number of likely N-dealkylation sites (tertiary alicyclic amines) is 1. The van der Waals surface area contributed by atoms with Gasteiger partial charge in [-0.1, -0.05) is 37.3 Å². The van der Waals surface area contributed by atoms with E-state index in [0.717, 1.165) is 17.9 Å². The first-order valence-electron chi connectivity index (χ1n) is 12.2. The maximum absolute atomic E-state index is 13.1. The molecule has 2 saturated heterocycles. The Kier molecular flexibility index (Phi) is 6.02. The molecule has 0 spiro atoms. The van der Waals surface area contributed by atoms with Crippen molar-refractivity contribution in [3.05, 3.63) is 70.3 Å². The molecule has 2 aromatic rings. The molecule has 3 heterocycles. The number of carbonyl (C=O) groups excluding carboxylic acids is 4. The van der Waals surface area contributed by atoms with E-state index in [0.29, 0.717) is 31.5 Å². The van der Waals surface area contributed by atoms with Crippen molar-refractivity contribution in [3.63, 3.8) is 0 Å². The van der Waals surface area contributed by atoms with Gasteiger partial charge in [0.1, 0.15) is 6.04 Å². The van der Waals surface area contributed by atoms with E-state index in [1.165, 1.54) is 11.1 Å². The fourth-order valence-electron chi connectivity index (χ4n) is 5.27. The van der Waals surface area contributed by atoms with Gasteiger partial charge in [-0.3, -0.25) is 34.3 Å². The molecule has 3 aliphatic rings. The summed E-state index contributed by atoms with van der Waals surface area (Å²) in [6.07, 6.45) is 2.23. The zero-order chi connectivity index (χ0) is 24.7. The lowest BCUT2D eigenvalue weighted by Crippen LogP contribution is -2.54. The predicted molar refractivity (Wildman–Crippen MR) is 127 cm³/mol. The number of amides is 4. The Hall–Kier alpha value is -3.36. The van der Waals surface area contributed by atoms with Gasteiger partial charge in [0.2, 0.25) is 11.8 Å². The summed E-state index contributed by atoms with van der Waals surface area (Å²) in [5.41, 5.74) is 2.48. The van der Waals surface area contributed by atoms with Crippen LogP contribution in [0.15, 0.2) is 42.5 Å². The fraction of sp³-hybridized carbons (Fsp3) is 0.407. The first-order valence-corrected chi connectivity index (χ1v) is 12.2. The minimum absolute atomic E-state index is 0.0774. The number of piperidine rings is 2. The molecule has 182 valence electrons. The molecule has 4 amide bonds. The van der Waals surface area contributed by atoms with Crippen LogP contribution in [0.1, 0.15) is 70.0 Å². The first kappa shape index (κ1) is 23.4. The monoisotopic (exact) mass is 475 g/mol. The molecular weight excluding hydrogens is 446 g/mol. The van der Waals surface area contributed by atoms with Gasteiger partial charge in [0.05, 0.1) is 16.7 Å². The normalized spacial score (nSPS) is 22.3. The molecule has 1 unspecified atom stereocenters. The van der Waals surface area contributed by atoms with Crippen LogP contribution in [0.5, 0.6) is 0 Å². The Balaban J connectivity index is 1.29.